The van der Waals surface area contributed by atoms with Crippen LogP contribution >= 0.6 is 12.2 Å². The monoisotopic (exact) mass is 370 g/mol. The number of likely N-dealkylation sites (tertiary alicyclic amines) is 1. The van der Waals surface area contributed by atoms with Gasteiger partial charge in [0.2, 0.25) is 5.91 Å². The molecule has 1 aromatic carbocycles. The molecule has 1 unspecified atom stereocenters. The number of allylic oxidation sites excluding steroid dienone is 1. The van der Waals surface area contributed by atoms with E-state index in [1.165, 1.54) is 0 Å². The lowest BCUT2D eigenvalue weighted by molar-refractivity contribution is -0.127. The number of nitrogens with one attached hydrogen (secondary N) is 1. The van der Waals surface area contributed by atoms with E-state index in [2.05, 4.69) is 28.6 Å². The van der Waals surface area contributed by atoms with Crippen LogP contribution in [0.4, 0.5) is 0 Å². The van der Waals surface area contributed by atoms with Gasteiger partial charge in [-0.1, -0.05) is 30.3 Å². The Hall–Kier alpha value is -2.21. The number of aromatic nitrogens is 3. The van der Waals surface area contributed by atoms with Gasteiger partial charge in [-0.3, -0.25) is 9.89 Å². The number of amides is 1. The fraction of sp³-hybridized carbons (Fsp3) is 0.450. The van der Waals surface area contributed by atoms with E-state index < -0.39 is 0 Å². The lowest BCUT2D eigenvalue weighted by Crippen LogP contribution is -2.39. The Morgan fingerprint density at radius 1 is 1.35 bits per heavy atom. The van der Waals surface area contributed by atoms with E-state index >= 15 is 0 Å². The van der Waals surface area contributed by atoms with Crippen molar-refractivity contribution in [2.75, 3.05) is 13.1 Å². The van der Waals surface area contributed by atoms with Gasteiger partial charge in [-0.15, -0.1) is 0 Å². The summed E-state index contributed by atoms with van der Waals surface area (Å²) in [5, 5.41) is 7.37. The summed E-state index contributed by atoms with van der Waals surface area (Å²) in [6.07, 6.45) is 3.75. The number of H-pyrrole nitrogens is 1. The fourth-order valence-electron chi connectivity index (χ4n) is 3.55. The highest BCUT2D eigenvalue weighted by atomic mass is 32.1. The number of aromatic amines is 1. The van der Waals surface area contributed by atoms with Gasteiger partial charge in [-0.05, 0) is 57.0 Å². The van der Waals surface area contributed by atoms with Crippen LogP contribution in [-0.4, -0.2) is 38.7 Å². The maximum absolute atomic E-state index is 12.8. The number of hydrogen-bond acceptors (Lipinski definition) is 3. The standard InChI is InChI=1S/C20H26N4OS/c1-14(2)24-19(21-22-20(24)26)17-10-7-11-23(13-17)18(25)12-15(3)16-8-5-4-6-9-16/h4-6,8-9,12,14,17H,7,10-11,13H2,1-3H3,(H,22,26)/b15-12+. The van der Waals surface area contributed by atoms with Crippen molar-refractivity contribution in [2.24, 2.45) is 0 Å². The van der Waals surface area contributed by atoms with Gasteiger partial charge in [0.1, 0.15) is 5.82 Å². The molecule has 1 aliphatic rings. The smallest absolute Gasteiger partial charge is 0.246 e. The second-order valence-corrected chi connectivity index (χ2v) is 7.55. The second kappa shape index (κ2) is 7.99. The molecule has 0 saturated carbocycles. The quantitative estimate of drug-likeness (QED) is 0.644. The van der Waals surface area contributed by atoms with Gasteiger partial charge in [-0.25, -0.2) is 0 Å². The number of benzene rings is 1. The summed E-state index contributed by atoms with van der Waals surface area (Å²) in [5.41, 5.74) is 2.07. The molecule has 5 nitrogen and oxygen atoms in total. The second-order valence-electron chi connectivity index (χ2n) is 7.17. The minimum Gasteiger partial charge on any atom is -0.338 e. The molecule has 1 N–H and O–H groups in total. The van der Waals surface area contributed by atoms with Crippen molar-refractivity contribution in [1.82, 2.24) is 19.7 Å². The van der Waals surface area contributed by atoms with Gasteiger partial charge in [-0.2, -0.15) is 5.10 Å². The Morgan fingerprint density at radius 3 is 2.77 bits per heavy atom. The van der Waals surface area contributed by atoms with Gasteiger partial charge in [0.25, 0.3) is 0 Å². The summed E-state index contributed by atoms with van der Waals surface area (Å²) < 4.78 is 2.72. The van der Waals surface area contributed by atoms with E-state index in [4.69, 9.17) is 12.2 Å². The third-order valence-corrected chi connectivity index (χ3v) is 5.20. The zero-order chi connectivity index (χ0) is 18.7. The molecule has 6 heteroatoms. The molecule has 2 heterocycles. The van der Waals surface area contributed by atoms with Crippen LogP contribution in [0, 0.1) is 4.77 Å². The van der Waals surface area contributed by atoms with Crippen LogP contribution in [0.1, 0.15) is 57.0 Å². The van der Waals surface area contributed by atoms with Crippen molar-refractivity contribution in [3.63, 3.8) is 0 Å². The van der Waals surface area contributed by atoms with Crippen molar-refractivity contribution in [2.45, 2.75) is 45.6 Å². The number of rotatable bonds is 4. The molecule has 1 aliphatic heterocycles. The predicted molar refractivity (Wildman–Crippen MR) is 106 cm³/mol. The van der Waals surface area contributed by atoms with Crippen LogP contribution in [0.5, 0.6) is 0 Å². The molecule has 1 aromatic heterocycles. The number of carbonyl (C=O) groups is 1. The van der Waals surface area contributed by atoms with Crippen molar-refractivity contribution in [1.29, 1.82) is 0 Å². The minimum atomic E-state index is 0.0706. The van der Waals surface area contributed by atoms with E-state index in [9.17, 15) is 4.79 Å². The third-order valence-electron chi connectivity index (χ3n) is 4.92. The molecule has 1 atom stereocenters. The van der Waals surface area contributed by atoms with Crippen LogP contribution in [0.15, 0.2) is 36.4 Å². The molecule has 0 bridgehead atoms. The number of piperidine rings is 1. The van der Waals surface area contributed by atoms with Gasteiger partial charge in [0, 0.05) is 31.1 Å². The van der Waals surface area contributed by atoms with E-state index in [0.29, 0.717) is 11.3 Å². The first-order valence-electron chi connectivity index (χ1n) is 9.16. The summed E-state index contributed by atoms with van der Waals surface area (Å²) in [5.74, 6) is 1.25. The number of nitrogens with zero attached hydrogens (tertiary/aromatic N) is 3. The Balaban J connectivity index is 1.77. The summed E-state index contributed by atoms with van der Waals surface area (Å²) >= 11 is 5.37. The lowest BCUT2D eigenvalue weighted by Gasteiger charge is -2.32. The van der Waals surface area contributed by atoms with E-state index in [1.54, 1.807) is 6.08 Å². The zero-order valence-corrected chi connectivity index (χ0v) is 16.4. The summed E-state index contributed by atoms with van der Waals surface area (Å²) in [6.45, 7) is 7.67. The molecule has 1 saturated heterocycles. The van der Waals surface area contributed by atoms with Gasteiger partial charge >= 0.3 is 0 Å². The van der Waals surface area contributed by atoms with Crippen molar-refractivity contribution >= 4 is 23.7 Å². The zero-order valence-electron chi connectivity index (χ0n) is 15.6. The maximum Gasteiger partial charge on any atom is 0.246 e. The highest BCUT2D eigenvalue weighted by Gasteiger charge is 2.28. The van der Waals surface area contributed by atoms with Crippen molar-refractivity contribution in [3.05, 3.63) is 52.6 Å². The largest absolute Gasteiger partial charge is 0.338 e. The van der Waals surface area contributed by atoms with E-state index in [0.717, 1.165) is 36.3 Å². The van der Waals surface area contributed by atoms with Crippen LogP contribution in [0.25, 0.3) is 5.57 Å². The Bertz CT molecular complexity index is 850. The van der Waals surface area contributed by atoms with Gasteiger partial charge in [0.05, 0.1) is 0 Å². The summed E-state index contributed by atoms with van der Waals surface area (Å²) in [7, 11) is 0. The Labute approximate surface area is 159 Å². The fourth-order valence-corrected chi connectivity index (χ4v) is 3.90. The molecule has 0 radical (unpaired) electrons. The average molecular weight is 371 g/mol. The molecular weight excluding hydrogens is 344 g/mol. The first-order chi connectivity index (χ1) is 12.5. The third kappa shape index (κ3) is 3.96. The lowest BCUT2D eigenvalue weighted by atomic mass is 9.96. The Morgan fingerprint density at radius 2 is 2.08 bits per heavy atom. The summed E-state index contributed by atoms with van der Waals surface area (Å²) in [6, 6.07) is 10.3. The normalized spacial score (nSPS) is 18.4. The number of carbonyl (C=O) groups excluding carboxylic acids is 1. The SMILES string of the molecule is C/C(=C\C(=O)N1CCCC(c2n[nH]c(=S)n2C(C)C)C1)c1ccccc1. The topological polar surface area (TPSA) is 53.9 Å². The van der Waals surface area contributed by atoms with Gasteiger partial charge in [0.15, 0.2) is 4.77 Å². The van der Waals surface area contributed by atoms with Gasteiger partial charge < -0.3 is 9.47 Å². The molecule has 26 heavy (non-hydrogen) atoms. The van der Waals surface area contributed by atoms with E-state index in [1.807, 2.05) is 42.2 Å². The minimum absolute atomic E-state index is 0.0706. The van der Waals surface area contributed by atoms with Crippen LogP contribution in [0.2, 0.25) is 0 Å². The average Bonchev–Trinajstić information content (AvgIpc) is 3.04. The molecule has 0 aliphatic carbocycles. The Kier molecular flexibility index (Phi) is 5.71. The highest BCUT2D eigenvalue weighted by molar-refractivity contribution is 7.71. The van der Waals surface area contributed by atoms with Crippen molar-refractivity contribution < 1.29 is 4.79 Å². The van der Waals surface area contributed by atoms with E-state index in [-0.39, 0.29) is 17.9 Å². The first kappa shape index (κ1) is 18.6. The van der Waals surface area contributed by atoms with Crippen molar-refractivity contribution in [3.8, 4) is 0 Å². The molecule has 1 fully saturated rings. The molecule has 1 amide bonds. The predicted octanol–water partition coefficient (Wildman–Crippen LogP) is 4.33. The van der Waals surface area contributed by atoms with Crippen LogP contribution < -0.4 is 0 Å². The maximum atomic E-state index is 12.8. The molecular formula is C20H26N4OS. The highest BCUT2D eigenvalue weighted by Crippen LogP contribution is 2.28. The summed E-state index contributed by atoms with van der Waals surface area (Å²) in [4.78, 5) is 14.7. The number of hydrogen-bond donors (Lipinski definition) is 1. The van der Waals surface area contributed by atoms with Crippen LogP contribution in [0.3, 0.4) is 0 Å². The molecule has 0 spiro atoms. The molecule has 3 rings (SSSR count). The first-order valence-corrected chi connectivity index (χ1v) is 9.57. The van der Waals surface area contributed by atoms with Crippen LogP contribution in [-0.2, 0) is 4.79 Å². The molecule has 138 valence electrons. The molecule has 2 aromatic rings.